The van der Waals surface area contributed by atoms with Gasteiger partial charge in [0.1, 0.15) is 34.2 Å². The highest BCUT2D eigenvalue weighted by molar-refractivity contribution is 5.94. The summed E-state index contributed by atoms with van der Waals surface area (Å²) in [4.78, 5) is 41.9. The molecule has 2 fully saturated rings. The number of carbonyl (C=O) groups excluding carboxylic acids is 3. The van der Waals surface area contributed by atoms with Gasteiger partial charge in [-0.2, -0.15) is 0 Å². The maximum atomic E-state index is 12.8. The molecule has 4 aliphatic rings. The summed E-state index contributed by atoms with van der Waals surface area (Å²) in [5.74, 6) is 2.09. The van der Waals surface area contributed by atoms with E-state index in [4.69, 9.17) is 33.2 Å². The number of ether oxygens (including phenoxy) is 7. The lowest BCUT2D eigenvalue weighted by atomic mass is 9.70. The Hall–Kier alpha value is -4.85. The van der Waals surface area contributed by atoms with Crippen molar-refractivity contribution in [1.29, 1.82) is 0 Å². The Kier molecular flexibility index (Phi) is 16.6. The standard InChI is InChI=1S/C26H39NO6.C25H31NO5/c1-18(2)16-30-24(28)32-21-9-10-22-20(13-21)14-27(5)15-23(22)26(11-7-6-8-12-26)33-25(29)31-17-19(3)4;1-26-15-17-13-19(31-24(27)21-10-7-18(29-2)14-23(21)30-3)8-9-20(17)22(16-26)25(28)11-5-4-6-12-25/h9-10,13,18-19,23H,6-8,11-12,14-17H2,1-5H3;7-10,13-14,22,28H,4-6,11-12,15-16H2,1-3H3. The second kappa shape index (κ2) is 21.9. The van der Waals surface area contributed by atoms with Crippen LogP contribution >= 0.6 is 0 Å². The van der Waals surface area contributed by atoms with E-state index >= 15 is 0 Å². The molecule has 3 aromatic rings. The van der Waals surface area contributed by atoms with Gasteiger partial charge in [0.25, 0.3) is 0 Å². The molecular weight excluding hydrogens is 817 g/mol. The molecule has 2 heterocycles. The van der Waals surface area contributed by atoms with Crippen molar-refractivity contribution in [2.45, 2.75) is 128 Å². The van der Waals surface area contributed by atoms with E-state index < -0.39 is 29.5 Å². The Balaban J connectivity index is 0.000000213. The summed E-state index contributed by atoms with van der Waals surface area (Å²) in [5, 5.41) is 11.4. The normalized spacial score (nSPS) is 20.4. The first-order chi connectivity index (χ1) is 30.6. The monoisotopic (exact) mass is 886 g/mol. The average Bonchev–Trinajstić information content (AvgIpc) is 3.27. The van der Waals surface area contributed by atoms with Gasteiger partial charge in [-0.15, -0.1) is 0 Å². The van der Waals surface area contributed by atoms with Crippen LogP contribution in [0.25, 0.3) is 0 Å². The molecule has 0 spiro atoms. The molecule has 13 nitrogen and oxygen atoms in total. The smallest absolute Gasteiger partial charge is 0.497 e. The van der Waals surface area contributed by atoms with Crippen LogP contribution in [0.4, 0.5) is 9.59 Å². The number of methoxy groups -OCH3 is 2. The molecule has 64 heavy (non-hydrogen) atoms. The SMILES string of the molecule is CC(C)COC(=O)Oc1ccc2c(c1)CN(C)CC2C1(OC(=O)OCC(C)C)CCCCC1.COc1ccc(C(=O)Oc2ccc3c(c2)CN(C)CC3C2(O)CCCCC2)c(OC)c1. The third-order valence-electron chi connectivity index (χ3n) is 12.9. The van der Waals surface area contributed by atoms with Crippen LogP contribution in [0, 0.1) is 11.8 Å². The Morgan fingerprint density at radius 2 is 1.16 bits per heavy atom. The molecule has 3 aromatic carbocycles. The Morgan fingerprint density at radius 1 is 0.641 bits per heavy atom. The maximum Gasteiger partial charge on any atom is 0.513 e. The highest BCUT2D eigenvalue weighted by atomic mass is 16.7. The van der Waals surface area contributed by atoms with Gasteiger partial charge in [0.2, 0.25) is 0 Å². The maximum absolute atomic E-state index is 12.8. The Morgan fingerprint density at radius 3 is 1.72 bits per heavy atom. The van der Waals surface area contributed by atoms with Crippen LogP contribution in [0.5, 0.6) is 23.0 Å². The summed E-state index contributed by atoms with van der Waals surface area (Å²) in [6.45, 7) is 11.8. The number of benzene rings is 3. The van der Waals surface area contributed by atoms with Crippen molar-refractivity contribution in [2.24, 2.45) is 11.8 Å². The second-order valence-corrected chi connectivity index (χ2v) is 19.1. The number of likely N-dealkylation sites (N-methyl/N-ethyl adjacent to an activating group) is 2. The van der Waals surface area contributed by atoms with Gasteiger partial charge >= 0.3 is 18.3 Å². The van der Waals surface area contributed by atoms with Crippen LogP contribution in [0.3, 0.4) is 0 Å². The molecule has 0 saturated heterocycles. The second-order valence-electron chi connectivity index (χ2n) is 19.1. The molecule has 2 aliphatic heterocycles. The highest BCUT2D eigenvalue weighted by Gasteiger charge is 2.47. The van der Waals surface area contributed by atoms with E-state index in [1.54, 1.807) is 31.4 Å². The largest absolute Gasteiger partial charge is 0.513 e. The lowest BCUT2D eigenvalue weighted by Crippen LogP contribution is -2.49. The molecule has 0 bridgehead atoms. The minimum atomic E-state index is -0.690. The molecule has 7 rings (SSSR count). The van der Waals surface area contributed by atoms with Crippen LogP contribution in [0.15, 0.2) is 54.6 Å². The number of nitrogens with zero attached hydrogens (tertiary/aromatic N) is 2. The zero-order valence-corrected chi connectivity index (χ0v) is 39.2. The van der Waals surface area contributed by atoms with Crippen LogP contribution in [0.2, 0.25) is 0 Å². The van der Waals surface area contributed by atoms with E-state index in [9.17, 15) is 19.5 Å². The minimum absolute atomic E-state index is 0.0279. The zero-order valence-electron chi connectivity index (χ0n) is 39.2. The van der Waals surface area contributed by atoms with Gasteiger partial charge < -0.3 is 48.1 Å². The van der Waals surface area contributed by atoms with Crippen LogP contribution in [-0.4, -0.2) is 99.0 Å². The van der Waals surface area contributed by atoms with Gasteiger partial charge in [-0.3, -0.25) is 0 Å². The van der Waals surface area contributed by atoms with Crippen molar-refractivity contribution in [3.8, 4) is 23.0 Å². The van der Waals surface area contributed by atoms with E-state index in [0.29, 0.717) is 41.8 Å². The first kappa shape index (κ1) is 48.6. The van der Waals surface area contributed by atoms with Gasteiger partial charge in [0.15, 0.2) is 0 Å². The van der Waals surface area contributed by atoms with Crippen molar-refractivity contribution in [2.75, 3.05) is 54.6 Å². The van der Waals surface area contributed by atoms with Crippen molar-refractivity contribution < 1.29 is 52.6 Å². The fourth-order valence-corrected chi connectivity index (χ4v) is 9.79. The third-order valence-corrected chi connectivity index (χ3v) is 12.9. The Bertz CT molecular complexity index is 2060. The summed E-state index contributed by atoms with van der Waals surface area (Å²) >= 11 is 0. The molecule has 13 heteroatoms. The molecule has 2 aliphatic carbocycles. The molecule has 1 N–H and O–H groups in total. The Labute approximate surface area is 379 Å². The zero-order chi connectivity index (χ0) is 46.0. The number of rotatable bonds is 12. The van der Waals surface area contributed by atoms with Gasteiger partial charge in [0, 0.05) is 44.1 Å². The number of fused-ring (bicyclic) bond motifs is 2. The van der Waals surface area contributed by atoms with E-state index in [-0.39, 0.29) is 23.7 Å². The molecule has 2 unspecified atom stereocenters. The van der Waals surface area contributed by atoms with Gasteiger partial charge in [-0.05, 0) is 123 Å². The summed E-state index contributed by atoms with van der Waals surface area (Å²) in [6.07, 6.45) is 8.61. The van der Waals surface area contributed by atoms with Crippen molar-refractivity contribution in [3.05, 3.63) is 82.4 Å². The number of hydrogen-bond donors (Lipinski definition) is 1. The van der Waals surface area contributed by atoms with Crippen LogP contribution in [-0.2, 0) is 27.3 Å². The van der Waals surface area contributed by atoms with Crippen molar-refractivity contribution in [1.82, 2.24) is 9.80 Å². The molecule has 0 aromatic heterocycles. The first-order valence-electron chi connectivity index (χ1n) is 23.1. The van der Waals surface area contributed by atoms with E-state index in [1.165, 1.54) is 19.1 Å². The fourth-order valence-electron chi connectivity index (χ4n) is 9.79. The predicted molar refractivity (Wildman–Crippen MR) is 243 cm³/mol. The van der Waals surface area contributed by atoms with E-state index in [1.807, 2.05) is 58.0 Å². The highest BCUT2D eigenvalue weighted by Crippen LogP contribution is 2.47. The topological polar surface area (TPSA) is 143 Å². The quantitative estimate of drug-likeness (QED) is 0.105. The number of carbonyl (C=O) groups is 3. The molecular formula is C51H70N2O11. The van der Waals surface area contributed by atoms with Crippen LogP contribution < -0.4 is 18.9 Å². The van der Waals surface area contributed by atoms with Gasteiger partial charge in [0.05, 0.1) is 33.0 Å². The predicted octanol–water partition coefficient (Wildman–Crippen LogP) is 10.0. The van der Waals surface area contributed by atoms with Crippen LogP contribution in [0.1, 0.15) is 136 Å². The molecule has 350 valence electrons. The molecule has 2 saturated carbocycles. The number of aliphatic hydroxyl groups is 1. The molecule has 2 atom stereocenters. The minimum Gasteiger partial charge on any atom is -0.497 e. The molecule has 0 amide bonds. The summed E-state index contributed by atoms with van der Waals surface area (Å²) in [5.41, 5.74) is 3.59. The summed E-state index contributed by atoms with van der Waals surface area (Å²) in [6, 6.07) is 16.5. The van der Waals surface area contributed by atoms with Crippen molar-refractivity contribution in [3.63, 3.8) is 0 Å². The van der Waals surface area contributed by atoms with Crippen molar-refractivity contribution >= 4 is 18.3 Å². The fraction of sp³-hybridized carbons (Fsp3) is 0.588. The summed E-state index contributed by atoms with van der Waals surface area (Å²) < 4.78 is 38.3. The number of esters is 1. The van der Waals surface area contributed by atoms with Gasteiger partial charge in [-0.25, -0.2) is 14.4 Å². The lowest BCUT2D eigenvalue weighted by Gasteiger charge is -2.46. The lowest BCUT2D eigenvalue weighted by molar-refractivity contribution is -0.0790. The first-order valence-corrected chi connectivity index (χ1v) is 23.1. The summed E-state index contributed by atoms with van der Waals surface area (Å²) in [7, 11) is 7.21. The third kappa shape index (κ3) is 12.3. The molecule has 0 radical (unpaired) electrons. The van der Waals surface area contributed by atoms with E-state index in [2.05, 4.69) is 23.9 Å². The number of hydrogen-bond acceptors (Lipinski definition) is 13. The van der Waals surface area contributed by atoms with Gasteiger partial charge in [-0.1, -0.05) is 65.5 Å². The van der Waals surface area contributed by atoms with E-state index in [0.717, 1.165) is 101 Å². The average molecular weight is 887 g/mol.